The van der Waals surface area contributed by atoms with E-state index in [2.05, 4.69) is 19.2 Å². The molecule has 1 aliphatic heterocycles. The highest BCUT2D eigenvalue weighted by Crippen LogP contribution is 2.44. The molecule has 1 aliphatic carbocycles. The van der Waals surface area contributed by atoms with Gasteiger partial charge in [0.2, 0.25) is 0 Å². The van der Waals surface area contributed by atoms with E-state index < -0.39 is 0 Å². The van der Waals surface area contributed by atoms with Crippen molar-refractivity contribution in [2.24, 2.45) is 0 Å². The molecule has 0 aromatic rings. The molecule has 2 unspecified atom stereocenters. The van der Waals surface area contributed by atoms with Crippen LogP contribution < -0.4 is 5.32 Å². The van der Waals surface area contributed by atoms with Crippen LogP contribution in [-0.4, -0.2) is 35.5 Å². The van der Waals surface area contributed by atoms with E-state index in [9.17, 15) is 5.11 Å². The third-order valence-corrected chi connectivity index (χ3v) is 4.15. The highest BCUT2D eigenvalue weighted by molar-refractivity contribution is 4.93. The molecule has 1 saturated carbocycles. The van der Waals surface area contributed by atoms with Crippen molar-refractivity contribution in [3.63, 3.8) is 0 Å². The maximum Gasteiger partial charge on any atom is 0.0689 e. The molecule has 2 atom stereocenters. The number of aliphatic hydroxyl groups is 1. The summed E-state index contributed by atoms with van der Waals surface area (Å²) >= 11 is 0. The Labute approximate surface area is 105 Å². The molecule has 0 aromatic heterocycles. The van der Waals surface area contributed by atoms with Gasteiger partial charge in [0.25, 0.3) is 0 Å². The number of rotatable bonds is 5. The van der Waals surface area contributed by atoms with Gasteiger partial charge in [-0.15, -0.1) is 0 Å². The minimum atomic E-state index is -0.265. The average molecular weight is 241 g/mol. The fraction of sp³-hybridized carbons (Fsp3) is 1.00. The van der Waals surface area contributed by atoms with Crippen LogP contribution in [0.3, 0.4) is 0 Å². The van der Waals surface area contributed by atoms with Crippen molar-refractivity contribution < 1.29 is 9.84 Å². The fourth-order valence-corrected chi connectivity index (χ4v) is 3.21. The van der Waals surface area contributed by atoms with Gasteiger partial charge in [-0.3, -0.25) is 0 Å². The van der Waals surface area contributed by atoms with E-state index in [0.717, 1.165) is 12.8 Å². The summed E-state index contributed by atoms with van der Waals surface area (Å²) in [7, 11) is 0. The summed E-state index contributed by atoms with van der Waals surface area (Å²) in [6.45, 7) is 4.89. The Morgan fingerprint density at radius 1 is 1.29 bits per heavy atom. The van der Waals surface area contributed by atoms with Crippen LogP contribution in [0.5, 0.6) is 0 Å². The minimum absolute atomic E-state index is 0.204. The molecule has 100 valence electrons. The van der Waals surface area contributed by atoms with E-state index in [1.165, 1.54) is 32.1 Å². The largest absolute Gasteiger partial charge is 0.392 e. The van der Waals surface area contributed by atoms with Gasteiger partial charge in [0.05, 0.1) is 17.8 Å². The smallest absolute Gasteiger partial charge is 0.0689 e. The Kier molecular flexibility index (Phi) is 4.45. The molecule has 0 amide bonds. The lowest BCUT2D eigenvalue weighted by molar-refractivity contribution is -0.0519. The summed E-state index contributed by atoms with van der Waals surface area (Å²) in [4.78, 5) is 0. The Balaban J connectivity index is 1.70. The molecule has 0 radical (unpaired) electrons. The highest BCUT2D eigenvalue weighted by atomic mass is 16.5. The fourth-order valence-electron chi connectivity index (χ4n) is 3.21. The first-order valence-electron chi connectivity index (χ1n) is 7.19. The van der Waals surface area contributed by atoms with Crippen molar-refractivity contribution in [3.05, 3.63) is 0 Å². The van der Waals surface area contributed by atoms with Crippen LogP contribution in [0.15, 0.2) is 0 Å². The second-order valence-corrected chi connectivity index (χ2v) is 6.12. The summed E-state index contributed by atoms with van der Waals surface area (Å²) in [5.41, 5.74) is 0.204. The monoisotopic (exact) mass is 241 g/mol. The van der Waals surface area contributed by atoms with Crippen LogP contribution in [0.25, 0.3) is 0 Å². The molecule has 2 fully saturated rings. The number of nitrogens with one attached hydrogen (secondary N) is 1. The molecule has 1 heterocycles. The zero-order valence-electron chi connectivity index (χ0n) is 11.2. The first-order chi connectivity index (χ1) is 8.10. The van der Waals surface area contributed by atoms with Crippen molar-refractivity contribution in [2.75, 3.05) is 6.54 Å². The van der Waals surface area contributed by atoms with Crippen molar-refractivity contribution >= 4 is 0 Å². The van der Waals surface area contributed by atoms with Gasteiger partial charge in [-0.05, 0) is 25.7 Å². The van der Waals surface area contributed by atoms with Gasteiger partial charge in [-0.2, -0.15) is 0 Å². The highest BCUT2D eigenvalue weighted by Gasteiger charge is 2.42. The molecule has 2 aliphatic rings. The maximum atomic E-state index is 9.95. The van der Waals surface area contributed by atoms with Crippen LogP contribution >= 0.6 is 0 Å². The predicted octanol–water partition coefficient (Wildman–Crippen LogP) is 2.23. The number of hydrogen-bond donors (Lipinski definition) is 2. The van der Waals surface area contributed by atoms with Crippen molar-refractivity contribution in [1.82, 2.24) is 5.32 Å². The molecule has 1 saturated heterocycles. The van der Waals surface area contributed by atoms with Gasteiger partial charge < -0.3 is 15.2 Å². The van der Waals surface area contributed by atoms with E-state index in [-0.39, 0.29) is 17.8 Å². The van der Waals surface area contributed by atoms with Gasteiger partial charge in [-0.25, -0.2) is 0 Å². The summed E-state index contributed by atoms with van der Waals surface area (Å²) in [5, 5.41) is 13.2. The normalized spacial score (nSPS) is 29.3. The summed E-state index contributed by atoms with van der Waals surface area (Å²) in [6.07, 6.45) is 8.29. The zero-order valence-corrected chi connectivity index (χ0v) is 11.2. The van der Waals surface area contributed by atoms with Crippen LogP contribution in [0.2, 0.25) is 0 Å². The predicted molar refractivity (Wildman–Crippen MR) is 69.1 cm³/mol. The number of ether oxygens (including phenoxy) is 1. The Bertz CT molecular complexity index is 236. The first kappa shape index (κ1) is 13.3. The molecule has 2 N–H and O–H groups in total. The topological polar surface area (TPSA) is 41.5 Å². The van der Waals surface area contributed by atoms with Crippen molar-refractivity contribution in [1.29, 1.82) is 0 Å². The number of aliphatic hydroxyl groups excluding tert-OH is 1. The summed E-state index contributed by atoms with van der Waals surface area (Å²) < 4.78 is 6.20. The lowest BCUT2D eigenvalue weighted by atomic mass is 9.97. The van der Waals surface area contributed by atoms with E-state index in [1.54, 1.807) is 0 Å². The van der Waals surface area contributed by atoms with Gasteiger partial charge in [0.15, 0.2) is 0 Å². The average Bonchev–Trinajstić information content (AvgIpc) is 2.87. The standard InChI is InChI=1S/C14H27NO2/c1-11(2)15-10-12(16)9-13-5-8-14(17-13)6-3-4-7-14/h11-13,15-16H,3-10H2,1-2H3. The lowest BCUT2D eigenvalue weighted by Crippen LogP contribution is -2.34. The van der Waals surface area contributed by atoms with E-state index in [0.29, 0.717) is 12.6 Å². The SMILES string of the molecule is CC(C)NCC(O)CC1CCC2(CCCC2)O1. The molecular formula is C14H27NO2. The van der Waals surface area contributed by atoms with Crippen molar-refractivity contribution in [3.8, 4) is 0 Å². The van der Waals surface area contributed by atoms with Crippen LogP contribution in [0.1, 0.15) is 58.8 Å². The number of hydrogen-bond acceptors (Lipinski definition) is 3. The van der Waals surface area contributed by atoms with Crippen LogP contribution in [-0.2, 0) is 4.74 Å². The second kappa shape index (κ2) is 5.68. The van der Waals surface area contributed by atoms with E-state index >= 15 is 0 Å². The molecule has 1 spiro atoms. The molecule has 2 rings (SSSR count). The Morgan fingerprint density at radius 3 is 2.65 bits per heavy atom. The first-order valence-corrected chi connectivity index (χ1v) is 7.19. The molecule has 3 heteroatoms. The second-order valence-electron chi connectivity index (χ2n) is 6.12. The minimum Gasteiger partial charge on any atom is -0.392 e. The van der Waals surface area contributed by atoms with E-state index in [4.69, 9.17) is 4.74 Å². The summed E-state index contributed by atoms with van der Waals surface area (Å²) in [5.74, 6) is 0. The van der Waals surface area contributed by atoms with Gasteiger partial charge in [0.1, 0.15) is 0 Å². The quantitative estimate of drug-likeness (QED) is 0.775. The molecule has 17 heavy (non-hydrogen) atoms. The molecule has 0 aromatic carbocycles. The molecular weight excluding hydrogens is 214 g/mol. The van der Waals surface area contributed by atoms with Crippen molar-refractivity contribution in [2.45, 2.75) is 82.6 Å². The van der Waals surface area contributed by atoms with Gasteiger partial charge >= 0.3 is 0 Å². The third-order valence-electron chi connectivity index (χ3n) is 4.15. The Morgan fingerprint density at radius 2 is 2.00 bits per heavy atom. The third kappa shape index (κ3) is 3.67. The van der Waals surface area contributed by atoms with Crippen LogP contribution in [0, 0.1) is 0 Å². The lowest BCUT2D eigenvalue weighted by Gasteiger charge is -2.25. The van der Waals surface area contributed by atoms with E-state index in [1.807, 2.05) is 0 Å². The van der Waals surface area contributed by atoms with Crippen LogP contribution in [0.4, 0.5) is 0 Å². The summed E-state index contributed by atoms with van der Waals surface area (Å²) in [6, 6.07) is 0.440. The Hall–Kier alpha value is -0.120. The molecule has 3 nitrogen and oxygen atoms in total. The molecule has 0 bridgehead atoms. The zero-order chi connectivity index (χ0) is 12.3. The van der Waals surface area contributed by atoms with Gasteiger partial charge in [0, 0.05) is 19.0 Å². The maximum absolute atomic E-state index is 9.95. The van der Waals surface area contributed by atoms with Gasteiger partial charge in [-0.1, -0.05) is 26.7 Å².